The zero-order chi connectivity index (χ0) is 50.3. The fraction of sp³-hybridized carbons (Fsp3) is 0.885. The van der Waals surface area contributed by atoms with E-state index in [1.54, 1.807) is 0 Å². The Morgan fingerprint density at radius 3 is 1.54 bits per heavy atom. The maximum Gasteiger partial charge on any atom is 0.313 e. The monoisotopic (exact) mass is 981 g/mol. The maximum atomic E-state index is 14.3. The molecule has 0 saturated carbocycles. The molecule has 0 aromatic carbocycles. The molecule has 378 valence electrons. The van der Waals surface area contributed by atoms with Gasteiger partial charge in [0.2, 0.25) is 6.29 Å². The Morgan fingerprint density at radius 1 is 0.631 bits per heavy atom. The highest BCUT2D eigenvalue weighted by Gasteiger charge is 2.49. The predicted octanol–water partition coefficient (Wildman–Crippen LogP) is 14.4. The van der Waals surface area contributed by atoms with E-state index in [1.165, 1.54) is 5.57 Å². The van der Waals surface area contributed by atoms with Crippen molar-refractivity contribution in [3.05, 3.63) is 23.8 Å². The third-order valence-corrected chi connectivity index (χ3v) is 35.5. The van der Waals surface area contributed by atoms with E-state index in [2.05, 4.69) is 161 Å². The molecule has 2 aliphatic carbocycles. The van der Waals surface area contributed by atoms with Crippen molar-refractivity contribution >= 4 is 45.2 Å². The number of ether oxygens (including phenoxy) is 3. The summed E-state index contributed by atoms with van der Waals surface area (Å²) in [6, 6.07) is 0. The Hall–Kier alpha value is -0.912. The van der Waals surface area contributed by atoms with E-state index >= 15 is 0 Å². The van der Waals surface area contributed by atoms with Gasteiger partial charge in [0.05, 0.1) is 42.4 Å². The molecule has 65 heavy (non-hydrogen) atoms. The number of hydrogen-bond acceptors (Lipinski definition) is 9. The highest BCUT2D eigenvalue weighted by atomic mass is 28.4. The summed E-state index contributed by atoms with van der Waals surface area (Å²) in [5.41, 5.74) is 1.19. The third-order valence-electron chi connectivity index (χ3n) is 17.3. The first-order valence-electron chi connectivity index (χ1n) is 25.3. The second-order valence-corrected chi connectivity index (χ2v) is 45.6. The van der Waals surface area contributed by atoms with Crippen LogP contribution in [0.25, 0.3) is 0 Å². The molecule has 1 aliphatic heterocycles. The number of rotatable bonds is 17. The van der Waals surface area contributed by atoms with Gasteiger partial charge in [-0.2, -0.15) is 0 Å². The second-order valence-electron chi connectivity index (χ2n) is 26.6. The summed E-state index contributed by atoms with van der Waals surface area (Å²) in [5.74, 6) is -0.949. The van der Waals surface area contributed by atoms with Gasteiger partial charge in [0.15, 0.2) is 33.3 Å². The zero-order valence-corrected chi connectivity index (χ0v) is 50.4. The van der Waals surface area contributed by atoms with Crippen molar-refractivity contribution in [3.63, 3.8) is 0 Å². The lowest BCUT2D eigenvalue weighted by Gasteiger charge is -2.47. The van der Waals surface area contributed by atoms with Crippen LogP contribution in [0.15, 0.2) is 23.8 Å². The van der Waals surface area contributed by atoms with Gasteiger partial charge in [0, 0.05) is 18.8 Å². The Kier molecular flexibility index (Phi) is 19.1. The van der Waals surface area contributed by atoms with Crippen molar-refractivity contribution in [3.8, 4) is 0 Å². The molecule has 3 unspecified atom stereocenters. The first-order chi connectivity index (χ1) is 29.1. The topological polar surface area (TPSA) is 98.8 Å². The van der Waals surface area contributed by atoms with Crippen molar-refractivity contribution in [1.29, 1.82) is 0 Å². The molecule has 13 heteroatoms. The molecule has 3 rings (SSSR count). The van der Waals surface area contributed by atoms with Gasteiger partial charge < -0.3 is 31.9 Å². The molecule has 0 radical (unpaired) electrons. The van der Waals surface area contributed by atoms with Crippen LogP contribution < -0.4 is 0 Å². The van der Waals surface area contributed by atoms with Gasteiger partial charge in [0.1, 0.15) is 6.10 Å². The molecule has 12 atom stereocenters. The Balaban J connectivity index is 1.94. The summed E-state index contributed by atoms with van der Waals surface area (Å²) in [6.07, 6.45) is 8.30. The molecule has 0 bridgehead atoms. The van der Waals surface area contributed by atoms with Crippen LogP contribution in [0.5, 0.6) is 0 Å². The molecular formula is C52H100O9Si4. The number of allylic oxidation sites excluding steroid dienone is 2. The summed E-state index contributed by atoms with van der Waals surface area (Å²) in [6.45, 7) is 55.2. The molecule has 3 aliphatic rings. The predicted molar refractivity (Wildman–Crippen MR) is 279 cm³/mol. The van der Waals surface area contributed by atoms with Crippen LogP contribution >= 0.6 is 0 Å². The molecule has 1 saturated heterocycles. The van der Waals surface area contributed by atoms with Crippen LogP contribution in [0.4, 0.5) is 0 Å². The van der Waals surface area contributed by atoms with Crippen LogP contribution in [0, 0.1) is 29.6 Å². The van der Waals surface area contributed by atoms with Gasteiger partial charge in [0.25, 0.3) is 0 Å². The molecule has 0 N–H and O–H groups in total. The van der Waals surface area contributed by atoms with Gasteiger partial charge in [-0.15, -0.1) is 0 Å². The number of carbonyl (C=O) groups excluding carboxylic acids is 2. The van der Waals surface area contributed by atoms with E-state index < -0.39 is 51.4 Å². The van der Waals surface area contributed by atoms with Crippen LogP contribution in [0.3, 0.4) is 0 Å². The highest BCUT2D eigenvalue weighted by molar-refractivity contribution is 6.75. The SMILES string of the molecule is CC(O[Si](C)(C)C(C)(C)C)C(C)C(=O)OC1C[C@H](O[Si](C)(C)C(C)(C)C)C[C@@H](CC[C@@H]2[C@@H]3C(=C[C@@H](O[Si](C)(C)C(C)(C)C)C[C@@H]3OC(=O)[C@@H](C)[C@@H](C)O[Si](C)(C)C(C)(C)C)C=C[C@@H]2C)O1. The minimum atomic E-state index is -2.16. The van der Waals surface area contributed by atoms with E-state index in [9.17, 15) is 9.59 Å². The summed E-state index contributed by atoms with van der Waals surface area (Å²) in [4.78, 5) is 28.2. The minimum Gasteiger partial charge on any atom is -0.461 e. The molecule has 9 nitrogen and oxygen atoms in total. The van der Waals surface area contributed by atoms with Crippen LogP contribution in [-0.2, 0) is 41.5 Å². The van der Waals surface area contributed by atoms with Crippen LogP contribution in [0.1, 0.15) is 150 Å². The molecular weight excluding hydrogens is 881 g/mol. The molecule has 0 aromatic rings. The van der Waals surface area contributed by atoms with E-state index in [4.69, 9.17) is 31.9 Å². The fourth-order valence-corrected chi connectivity index (χ4v) is 13.9. The van der Waals surface area contributed by atoms with E-state index in [0.29, 0.717) is 12.8 Å². The number of esters is 2. The van der Waals surface area contributed by atoms with Crippen LogP contribution in [0.2, 0.25) is 72.5 Å². The molecule has 1 fully saturated rings. The Bertz CT molecular complexity index is 1660. The van der Waals surface area contributed by atoms with E-state index in [1.807, 2.05) is 27.7 Å². The first kappa shape index (κ1) is 58.4. The van der Waals surface area contributed by atoms with Gasteiger partial charge in [-0.25, -0.2) is 0 Å². The number of hydrogen-bond donors (Lipinski definition) is 0. The van der Waals surface area contributed by atoms with E-state index in [-0.39, 0.29) is 86.5 Å². The van der Waals surface area contributed by atoms with Gasteiger partial charge >= 0.3 is 11.9 Å². The highest BCUT2D eigenvalue weighted by Crippen LogP contribution is 2.48. The lowest BCUT2D eigenvalue weighted by atomic mass is 9.66. The van der Waals surface area contributed by atoms with Crippen molar-refractivity contribution < 1.29 is 41.5 Å². The van der Waals surface area contributed by atoms with Crippen LogP contribution in [-0.4, -0.2) is 88.1 Å². The first-order valence-corrected chi connectivity index (χ1v) is 36.9. The lowest BCUT2D eigenvalue weighted by molar-refractivity contribution is -0.220. The van der Waals surface area contributed by atoms with Gasteiger partial charge in [-0.3, -0.25) is 9.59 Å². The van der Waals surface area contributed by atoms with Crippen molar-refractivity contribution in [2.45, 2.75) is 265 Å². The Labute approximate surface area is 403 Å². The lowest BCUT2D eigenvalue weighted by Crippen LogP contribution is -2.50. The standard InChI is InChI=1S/C52H100O9Si4/c1-34-26-27-39-30-41(60-64(22,23)51(12,13)14)32-44(56-47(53)35(2)37(4)58-62(18,19)49(6,7)8)46(39)43(34)29-28-40-31-42(61-65(24,25)52(15,16)17)33-45(55-40)57-48(54)36(3)38(5)59-63(20,21)50(9,10)11/h26-27,30,34-38,40-46H,28-29,31-33H2,1-25H3/t34-,35-,36?,37+,38?,40+,41+,42+,43-,44-,45?,46-/m0/s1. The van der Waals surface area contributed by atoms with Gasteiger partial charge in [-0.05, 0) is 137 Å². The summed E-state index contributed by atoms with van der Waals surface area (Å²) < 4.78 is 47.3. The van der Waals surface area contributed by atoms with Crippen molar-refractivity contribution in [1.82, 2.24) is 0 Å². The fourth-order valence-electron chi connectivity index (χ4n) is 8.23. The molecule has 0 spiro atoms. The molecule has 0 amide bonds. The maximum absolute atomic E-state index is 14.3. The molecule has 0 aromatic heterocycles. The zero-order valence-electron chi connectivity index (χ0n) is 46.4. The average molecular weight is 982 g/mol. The minimum absolute atomic E-state index is 0.00163. The second kappa shape index (κ2) is 21.2. The molecule has 1 heterocycles. The summed E-state index contributed by atoms with van der Waals surface area (Å²) >= 11 is 0. The van der Waals surface area contributed by atoms with E-state index in [0.717, 1.165) is 19.3 Å². The largest absolute Gasteiger partial charge is 0.461 e. The quantitative estimate of drug-likeness (QED) is 0.104. The Morgan fingerprint density at radius 2 is 1.08 bits per heavy atom. The summed E-state index contributed by atoms with van der Waals surface area (Å²) in [7, 11) is -8.53. The number of fused-ring (bicyclic) bond motifs is 1. The number of carbonyl (C=O) groups is 2. The normalized spacial score (nSPS) is 28.4. The van der Waals surface area contributed by atoms with Gasteiger partial charge in [-0.1, -0.05) is 108 Å². The van der Waals surface area contributed by atoms with Crippen molar-refractivity contribution in [2.24, 2.45) is 29.6 Å². The summed E-state index contributed by atoms with van der Waals surface area (Å²) in [5, 5.41) is 0.108. The van der Waals surface area contributed by atoms with Crippen molar-refractivity contribution in [2.75, 3.05) is 0 Å². The smallest absolute Gasteiger partial charge is 0.313 e. The third kappa shape index (κ3) is 15.0. The average Bonchev–Trinajstić information content (AvgIpc) is 3.11.